The van der Waals surface area contributed by atoms with E-state index in [9.17, 15) is 4.79 Å². The first-order chi connectivity index (χ1) is 7.22. The number of ether oxygens (including phenoxy) is 1. The Kier molecular flexibility index (Phi) is 2.62. The van der Waals surface area contributed by atoms with Gasteiger partial charge in [-0.15, -0.1) is 0 Å². The minimum Gasteiger partial charge on any atom is -0.497 e. The van der Waals surface area contributed by atoms with Crippen molar-refractivity contribution in [3.63, 3.8) is 0 Å². The Bertz CT molecular complexity index is 358. The quantitative estimate of drug-likeness (QED) is 0.740. The third-order valence-corrected chi connectivity index (χ3v) is 2.84. The van der Waals surface area contributed by atoms with Crippen molar-refractivity contribution in [3.8, 4) is 5.75 Å². The molecule has 0 saturated carbocycles. The molecule has 1 aromatic carbocycles. The number of nitrogens with zero attached hydrogens (tertiary/aromatic N) is 1. The standard InChI is InChI=1S/C12H15NO2/c1-9-3-8-12(14)13(9)10-4-6-11(15-2)7-5-10/h4-7,9H,3,8H2,1-2H3. The second kappa shape index (κ2) is 3.93. The first-order valence-corrected chi connectivity index (χ1v) is 5.18. The molecule has 1 unspecified atom stereocenters. The van der Waals surface area contributed by atoms with Crippen molar-refractivity contribution in [1.82, 2.24) is 0 Å². The van der Waals surface area contributed by atoms with Gasteiger partial charge in [0.15, 0.2) is 0 Å². The molecule has 1 amide bonds. The van der Waals surface area contributed by atoms with Gasteiger partial charge in [0.1, 0.15) is 5.75 Å². The lowest BCUT2D eigenvalue weighted by molar-refractivity contribution is -0.117. The molecule has 1 aliphatic rings. The number of methoxy groups -OCH3 is 1. The molecular formula is C12H15NO2. The van der Waals surface area contributed by atoms with Crippen molar-refractivity contribution in [2.75, 3.05) is 12.0 Å². The van der Waals surface area contributed by atoms with Gasteiger partial charge < -0.3 is 9.64 Å². The van der Waals surface area contributed by atoms with Crippen molar-refractivity contribution in [3.05, 3.63) is 24.3 Å². The van der Waals surface area contributed by atoms with Crippen LogP contribution in [0.5, 0.6) is 5.75 Å². The van der Waals surface area contributed by atoms with E-state index in [1.165, 1.54) is 0 Å². The van der Waals surface area contributed by atoms with Crippen molar-refractivity contribution < 1.29 is 9.53 Å². The third-order valence-electron chi connectivity index (χ3n) is 2.84. The van der Waals surface area contributed by atoms with Gasteiger partial charge in [0.05, 0.1) is 7.11 Å². The highest BCUT2D eigenvalue weighted by Crippen LogP contribution is 2.27. The highest BCUT2D eigenvalue weighted by Gasteiger charge is 2.28. The maximum absolute atomic E-state index is 11.6. The number of hydrogen-bond donors (Lipinski definition) is 0. The van der Waals surface area contributed by atoms with Crippen molar-refractivity contribution in [2.24, 2.45) is 0 Å². The minimum atomic E-state index is 0.215. The van der Waals surface area contributed by atoms with Crippen LogP contribution in [0.2, 0.25) is 0 Å². The van der Waals surface area contributed by atoms with E-state index in [0.29, 0.717) is 12.5 Å². The predicted molar refractivity (Wildman–Crippen MR) is 59.2 cm³/mol. The molecule has 0 aromatic heterocycles. The number of anilines is 1. The molecule has 1 saturated heterocycles. The second-order valence-corrected chi connectivity index (χ2v) is 3.85. The van der Waals surface area contributed by atoms with Gasteiger partial charge in [-0.25, -0.2) is 0 Å². The van der Waals surface area contributed by atoms with Crippen LogP contribution in [0.1, 0.15) is 19.8 Å². The maximum atomic E-state index is 11.6. The fourth-order valence-corrected chi connectivity index (χ4v) is 1.97. The zero-order valence-corrected chi connectivity index (χ0v) is 9.06. The molecule has 0 aliphatic carbocycles. The molecule has 1 heterocycles. The SMILES string of the molecule is COc1ccc(N2C(=O)CCC2C)cc1. The number of hydrogen-bond acceptors (Lipinski definition) is 2. The molecule has 1 atom stereocenters. The Labute approximate surface area is 89.7 Å². The molecule has 3 nitrogen and oxygen atoms in total. The Morgan fingerprint density at radius 1 is 1.33 bits per heavy atom. The summed E-state index contributed by atoms with van der Waals surface area (Å²) in [5.41, 5.74) is 0.964. The summed E-state index contributed by atoms with van der Waals surface area (Å²) in [6, 6.07) is 7.93. The van der Waals surface area contributed by atoms with Crippen LogP contribution in [0.25, 0.3) is 0 Å². The Balaban J connectivity index is 2.25. The van der Waals surface area contributed by atoms with Crippen molar-refractivity contribution in [1.29, 1.82) is 0 Å². The van der Waals surface area contributed by atoms with Gasteiger partial charge in [0.25, 0.3) is 0 Å². The summed E-state index contributed by atoms with van der Waals surface area (Å²) in [5, 5.41) is 0. The summed E-state index contributed by atoms with van der Waals surface area (Å²) < 4.78 is 5.08. The van der Waals surface area contributed by atoms with E-state index in [0.717, 1.165) is 17.9 Å². The molecule has 1 aliphatic heterocycles. The van der Waals surface area contributed by atoms with E-state index in [1.54, 1.807) is 7.11 Å². The monoisotopic (exact) mass is 205 g/mol. The van der Waals surface area contributed by atoms with Crippen LogP contribution in [-0.4, -0.2) is 19.1 Å². The largest absolute Gasteiger partial charge is 0.497 e. The molecule has 0 bridgehead atoms. The molecule has 0 radical (unpaired) electrons. The first-order valence-electron chi connectivity index (χ1n) is 5.18. The molecule has 2 rings (SSSR count). The summed E-state index contributed by atoms with van der Waals surface area (Å²) in [4.78, 5) is 13.5. The molecule has 3 heteroatoms. The van der Waals surface area contributed by atoms with Crippen LogP contribution in [0.3, 0.4) is 0 Å². The van der Waals surface area contributed by atoms with Crippen LogP contribution in [-0.2, 0) is 4.79 Å². The predicted octanol–water partition coefficient (Wildman–Crippen LogP) is 2.21. The van der Waals surface area contributed by atoms with Crippen LogP contribution < -0.4 is 9.64 Å². The van der Waals surface area contributed by atoms with Gasteiger partial charge in [-0.2, -0.15) is 0 Å². The van der Waals surface area contributed by atoms with Crippen LogP contribution in [0.4, 0.5) is 5.69 Å². The van der Waals surface area contributed by atoms with Gasteiger partial charge in [-0.1, -0.05) is 0 Å². The van der Waals surface area contributed by atoms with Crippen LogP contribution in [0.15, 0.2) is 24.3 Å². The number of carbonyl (C=O) groups is 1. The third kappa shape index (κ3) is 1.82. The number of amides is 1. The molecule has 80 valence electrons. The summed E-state index contributed by atoms with van der Waals surface area (Å²) in [6.45, 7) is 2.08. The molecule has 1 fully saturated rings. The number of benzene rings is 1. The smallest absolute Gasteiger partial charge is 0.227 e. The topological polar surface area (TPSA) is 29.5 Å². The normalized spacial score (nSPS) is 20.8. The molecule has 1 aromatic rings. The molecule has 15 heavy (non-hydrogen) atoms. The average molecular weight is 205 g/mol. The maximum Gasteiger partial charge on any atom is 0.227 e. The van der Waals surface area contributed by atoms with Gasteiger partial charge >= 0.3 is 0 Å². The van der Waals surface area contributed by atoms with Crippen LogP contribution >= 0.6 is 0 Å². The fourth-order valence-electron chi connectivity index (χ4n) is 1.97. The van der Waals surface area contributed by atoms with E-state index < -0.39 is 0 Å². The average Bonchev–Trinajstić information content (AvgIpc) is 2.59. The van der Waals surface area contributed by atoms with Gasteiger partial charge in [0, 0.05) is 18.2 Å². The van der Waals surface area contributed by atoms with E-state index in [2.05, 4.69) is 6.92 Å². The lowest BCUT2D eigenvalue weighted by Gasteiger charge is -2.21. The molecular weight excluding hydrogens is 190 g/mol. The Morgan fingerprint density at radius 2 is 2.00 bits per heavy atom. The Hall–Kier alpha value is -1.51. The summed E-state index contributed by atoms with van der Waals surface area (Å²) in [7, 11) is 1.64. The van der Waals surface area contributed by atoms with Gasteiger partial charge in [-0.3, -0.25) is 4.79 Å². The number of carbonyl (C=O) groups excluding carboxylic acids is 1. The lowest BCUT2D eigenvalue weighted by Crippen LogP contribution is -2.30. The lowest BCUT2D eigenvalue weighted by atomic mass is 10.2. The second-order valence-electron chi connectivity index (χ2n) is 3.85. The Morgan fingerprint density at radius 3 is 2.47 bits per heavy atom. The van der Waals surface area contributed by atoms with E-state index in [-0.39, 0.29) is 5.91 Å². The first kappa shape index (κ1) is 10.0. The molecule has 0 N–H and O–H groups in total. The van der Waals surface area contributed by atoms with Crippen molar-refractivity contribution >= 4 is 11.6 Å². The summed E-state index contributed by atoms with van der Waals surface area (Å²) in [5.74, 6) is 1.03. The zero-order valence-electron chi connectivity index (χ0n) is 9.06. The van der Waals surface area contributed by atoms with Crippen LogP contribution in [0, 0.1) is 0 Å². The van der Waals surface area contributed by atoms with Gasteiger partial charge in [0.2, 0.25) is 5.91 Å². The highest BCUT2D eigenvalue weighted by molar-refractivity contribution is 5.96. The fraction of sp³-hybridized carbons (Fsp3) is 0.417. The van der Waals surface area contributed by atoms with E-state index in [1.807, 2.05) is 29.2 Å². The van der Waals surface area contributed by atoms with Crippen molar-refractivity contribution in [2.45, 2.75) is 25.8 Å². The summed E-state index contributed by atoms with van der Waals surface area (Å²) >= 11 is 0. The van der Waals surface area contributed by atoms with E-state index >= 15 is 0 Å². The highest BCUT2D eigenvalue weighted by atomic mass is 16.5. The number of rotatable bonds is 2. The zero-order chi connectivity index (χ0) is 10.8. The van der Waals surface area contributed by atoms with E-state index in [4.69, 9.17) is 4.74 Å². The minimum absolute atomic E-state index is 0.215. The van der Waals surface area contributed by atoms with Gasteiger partial charge in [-0.05, 0) is 37.6 Å². The summed E-state index contributed by atoms with van der Waals surface area (Å²) in [6.07, 6.45) is 1.61. The molecule has 0 spiro atoms.